The minimum Gasteiger partial charge on any atom is -0.494 e. The lowest BCUT2D eigenvalue weighted by Crippen LogP contribution is -2.38. The van der Waals surface area contributed by atoms with Crippen molar-refractivity contribution in [2.45, 2.75) is 31.7 Å². The van der Waals surface area contributed by atoms with Crippen LogP contribution in [0.5, 0.6) is 5.75 Å². The van der Waals surface area contributed by atoms with Gasteiger partial charge < -0.3 is 20.6 Å². The van der Waals surface area contributed by atoms with Crippen molar-refractivity contribution in [1.82, 2.24) is 9.97 Å². The molecule has 5 heteroatoms. The Labute approximate surface area is 160 Å². The van der Waals surface area contributed by atoms with Crippen LogP contribution in [0, 0.1) is 0 Å². The Balaban J connectivity index is 1.47. The molecule has 0 fully saturated rings. The molecule has 3 rings (SSSR count). The molecule has 2 aromatic carbocycles. The van der Waals surface area contributed by atoms with Gasteiger partial charge in [0.2, 0.25) is 0 Å². The summed E-state index contributed by atoms with van der Waals surface area (Å²) >= 11 is 0. The van der Waals surface area contributed by atoms with E-state index >= 15 is 0 Å². The van der Waals surface area contributed by atoms with Gasteiger partial charge in [-0.3, -0.25) is 0 Å². The molecule has 1 atom stereocenters. The van der Waals surface area contributed by atoms with Crippen LogP contribution in [-0.2, 0) is 12.0 Å². The maximum absolute atomic E-state index is 9.35. The van der Waals surface area contributed by atoms with E-state index < -0.39 is 5.54 Å². The summed E-state index contributed by atoms with van der Waals surface area (Å²) in [5, 5.41) is 9.35. The largest absolute Gasteiger partial charge is 0.494 e. The predicted molar refractivity (Wildman–Crippen MR) is 108 cm³/mol. The molecule has 0 saturated carbocycles. The number of rotatable bonds is 9. The molecule has 1 unspecified atom stereocenters. The van der Waals surface area contributed by atoms with Crippen LogP contribution < -0.4 is 10.5 Å². The standard InChI is InChI=1S/C22H27N3O2/c1-22(23,16-26)21-24-15-20(25-21)18-10-12-19(13-11-18)27-14-6-5-9-17-7-3-2-4-8-17/h2-4,7-8,10-13,15,26H,5-6,9,14,16,23H2,1H3,(H,24,25). The molecule has 1 aromatic heterocycles. The summed E-state index contributed by atoms with van der Waals surface area (Å²) in [6.45, 7) is 2.28. The number of nitrogens with zero attached hydrogens (tertiary/aromatic N) is 1. The number of unbranched alkanes of at least 4 members (excludes halogenated alkanes) is 1. The molecule has 142 valence electrons. The van der Waals surface area contributed by atoms with E-state index in [0.29, 0.717) is 12.4 Å². The van der Waals surface area contributed by atoms with Crippen molar-refractivity contribution in [3.63, 3.8) is 0 Å². The van der Waals surface area contributed by atoms with Crippen molar-refractivity contribution in [1.29, 1.82) is 0 Å². The van der Waals surface area contributed by atoms with Crippen LogP contribution in [-0.4, -0.2) is 28.3 Å². The third-order valence-electron chi connectivity index (χ3n) is 4.58. The molecule has 0 radical (unpaired) electrons. The summed E-state index contributed by atoms with van der Waals surface area (Å²) in [6, 6.07) is 18.4. The molecular formula is C22H27N3O2. The molecule has 27 heavy (non-hydrogen) atoms. The fourth-order valence-electron chi connectivity index (χ4n) is 2.83. The van der Waals surface area contributed by atoms with Crippen LogP contribution in [0.4, 0.5) is 0 Å². The second kappa shape index (κ2) is 8.84. The number of aromatic nitrogens is 2. The van der Waals surface area contributed by atoms with Crippen LogP contribution in [0.1, 0.15) is 31.2 Å². The highest BCUT2D eigenvalue weighted by Gasteiger charge is 2.23. The van der Waals surface area contributed by atoms with Crippen LogP contribution in [0.3, 0.4) is 0 Å². The third-order valence-corrected chi connectivity index (χ3v) is 4.58. The zero-order chi connectivity index (χ0) is 19.1. The van der Waals surface area contributed by atoms with Gasteiger partial charge in [0.05, 0.1) is 30.6 Å². The lowest BCUT2D eigenvalue weighted by Gasteiger charge is -2.18. The number of imidazole rings is 1. The maximum atomic E-state index is 9.35. The van der Waals surface area contributed by atoms with Gasteiger partial charge in [-0.2, -0.15) is 0 Å². The van der Waals surface area contributed by atoms with Crippen molar-refractivity contribution in [3.8, 4) is 17.0 Å². The topological polar surface area (TPSA) is 84.2 Å². The molecule has 0 spiro atoms. The van der Waals surface area contributed by atoms with Crippen molar-refractivity contribution in [2.75, 3.05) is 13.2 Å². The first-order valence-electron chi connectivity index (χ1n) is 9.31. The molecule has 0 amide bonds. The molecule has 1 heterocycles. The van der Waals surface area contributed by atoms with E-state index in [0.717, 1.165) is 36.3 Å². The average molecular weight is 365 g/mol. The Hall–Kier alpha value is -2.63. The van der Waals surface area contributed by atoms with E-state index in [1.807, 2.05) is 30.3 Å². The summed E-state index contributed by atoms with van der Waals surface area (Å²) < 4.78 is 5.83. The highest BCUT2D eigenvalue weighted by molar-refractivity contribution is 5.59. The molecule has 0 bridgehead atoms. The van der Waals surface area contributed by atoms with E-state index in [9.17, 15) is 5.11 Å². The Morgan fingerprint density at radius 3 is 2.52 bits per heavy atom. The van der Waals surface area contributed by atoms with Gasteiger partial charge in [0.25, 0.3) is 0 Å². The summed E-state index contributed by atoms with van der Waals surface area (Å²) in [5.41, 5.74) is 8.37. The number of aliphatic hydroxyl groups is 1. The zero-order valence-electron chi connectivity index (χ0n) is 15.7. The Bertz CT molecular complexity index is 826. The van der Waals surface area contributed by atoms with Gasteiger partial charge in [-0.1, -0.05) is 30.3 Å². The second-order valence-electron chi connectivity index (χ2n) is 7.04. The van der Waals surface area contributed by atoms with Crippen LogP contribution in [0.2, 0.25) is 0 Å². The Morgan fingerprint density at radius 1 is 1.07 bits per heavy atom. The predicted octanol–water partition coefficient (Wildman–Crippen LogP) is 3.64. The Morgan fingerprint density at radius 2 is 1.81 bits per heavy atom. The first-order valence-corrected chi connectivity index (χ1v) is 9.31. The first kappa shape index (κ1) is 19.1. The molecule has 0 aliphatic rings. The number of nitrogens with two attached hydrogens (primary N) is 1. The van der Waals surface area contributed by atoms with Gasteiger partial charge in [-0.15, -0.1) is 0 Å². The fraction of sp³-hybridized carbons (Fsp3) is 0.318. The fourth-order valence-corrected chi connectivity index (χ4v) is 2.83. The zero-order valence-corrected chi connectivity index (χ0v) is 15.7. The van der Waals surface area contributed by atoms with Crippen LogP contribution >= 0.6 is 0 Å². The lowest BCUT2D eigenvalue weighted by atomic mass is 10.1. The second-order valence-corrected chi connectivity index (χ2v) is 7.04. The van der Waals surface area contributed by atoms with Crippen molar-refractivity contribution in [3.05, 3.63) is 72.2 Å². The summed E-state index contributed by atoms with van der Waals surface area (Å²) in [5.74, 6) is 1.43. The van der Waals surface area contributed by atoms with E-state index in [4.69, 9.17) is 10.5 Å². The smallest absolute Gasteiger partial charge is 0.128 e. The minimum atomic E-state index is -0.874. The van der Waals surface area contributed by atoms with Gasteiger partial charge >= 0.3 is 0 Å². The number of aromatic amines is 1. The maximum Gasteiger partial charge on any atom is 0.128 e. The number of H-pyrrole nitrogens is 1. The molecule has 4 N–H and O–H groups in total. The molecular weight excluding hydrogens is 338 g/mol. The molecule has 3 aromatic rings. The summed E-state index contributed by atoms with van der Waals surface area (Å²) in [7, 11) is 0. The van der Waals surface area contributed by atoms with Crippen LogP contribution in [0.25, 0.3) is 11.3 Å². The number of hydrogen-bond donors (Lipinski definition) is 3. The summed E-state index contributed by atoms with van der Waals surface area (Å²) in [4.78, 5) is 7.46. The average Bonchev–Trinajstić information content (AvgIpc) is 3.20. The monoisotopic (exact) mass is 365 g/mol. The highest BCUT2D eigenvalue weighted by atomic mass is 16.5. The molecule has 5 nitrogen and oxygen atoms in total. The van der Waals surface area contributed by atoms with E-state index in [1.165, 1.54) is 5.56 Å². The van der Waals surface area contributed by atoms with Crippen molar-refractivity contribution >= 4 is 0 Å². The molecule has 0 aliphatic carbocycles. The molecule has 0 saturated heterocycles. The van der Waals surface area contributed by atoms with E-state index in [1.54, 1.807) is 13.1 Å². The number of ether oxygens (including phenoxy) is 1. The highest BCUT2D eigenvalue weighted by Crippen LogP contribution is 2.23. The third kappa shape index (κ3) is 5.18. The van der Waals surface area contributed by atoms with Crippen molar-refractivity contribution in [2.24, 2.45) is 5.73 Å². The van der Waals surface area contributed by atoms with Crippen LogP contribution in [0.15, 0.2) is 60.8 Å². The minimum absolute atomic E-state index is 0.170. The number of hydrogen-bond acceptors (Lipinski definition) is 4. The van der Waals surface area contributed by atoms with Gasteiger partial charge in [0, 0.05) is 0 Å². The number of nitrogens with one attached hydrogen (secondary N) is 1. The van der Waals surface area contributed by atoms with Gasteiger partial charge in [0.15, 0.2) is 0 Å². The number of aryl methyl sites for hydroxylation is 1. The van der Waals surface area contributed by atoms with E-state index in [-0.39, 0.29) is 6.61 Å². The number of aliphatic hydroxyl groups excluding tert-OH is 1. The molecule has 0 aliphatic heterocycles. The quantitative estimate of drug-likeness (QED) is 0.506. The number of benzene rings is 2. The summed E-state index contributed by atoms with van der Waals surface area (Å²) in [6.07, 6.45) is 4.95. The lowest BCUT2D eigenvalue weighted by molar-refractivity contribution is 0.204. The van der Waals surface area contributed by atoms with Crippen molar-refractivity contribution < 1.29 is 9.84 Å². The van der Waals surface area contributed by atoms with Gasteiger partial charge in [0.1, 0.15) is 11.6 Å². The first-order chi connectivity index (χ1) is 13.1. The van der Waals surface area contributed by atoms with Gasteiger partial charge in [-0.25, -0.2) is 4.98 Å². The SMILES string of the molecule is CC(N)(CO)c1ncc(-c2ccc(OCCCCc3ccccc3)cc2)[nH]1. The van der Waals surface area contributed by atoms with E-state index in [2.05, 4.69) is 34.2 Å². The Kier molecular flexibility index (Phi) is 6.27. The normalized spacial score (nSPS) is 13.3. The van der Waals surface area contributed by atoms with Gasteiger partial charge in [-0.05, 0) is 61.6 Å².